The first-order valence-corrected chi connectivity index (χ1v) is 5.82. The Kier molecular flexibility index (Phi) is 3.04. The second-order valence-corrected chi connectivity index (χ2v) is 4.55. The Morgan fingerprint density at radius 2 is 2.11 bits per heavy atom. The third-order valence-corrected chi connectivity index (χ3v) is 3.57. The third-order valence-electron chi connectivity index (χ3n) is 3.57. The van der Waals surface area contributed by atoms with Crippen molar-refractivity contribution >= 4 is 5.91 Å². The summed E-state index contributed by atoms with van der Waals surface area (Å²) in [5.74, 6) is -0.201. The van der Waals surface area contributed by atoms with E-state index in [9.17, 15) is 10.1 Å². The van der Waals surface area contributed by atoms with Crippen molar-refractivity contribution in [3.05, 3.63) is 35.4 Å². The van der Waals surface area contributed by atoms with Crippen LogP contribution >= 0.6 is 0 Å². The van der Waals surface area contributed by atoms with Gasteiger partial charge in [0.05, 0.1) is 17.7 Å². The van der Waals surface area contributed by atoms with Crippen molar-refractivity contribution in [2.24, 2.45) is 0 Å². The van der Waals surface area contributed by atoms with Gasteiger partial charge in [-0.1, -0.05) is 6.07 Å². The summed E-state index contributed by atoms with van der Waals surface area (Å²) in [5.41, 5.74) is 0.256. The Morgan fingerprint density at radius 1 is 1.39 bits per heavy atom. The topological polar surface area (TPSA) is 67.9 Å². The summed E-state index contributed by atoms with van der Waals surface area (Å²) in [6.07, 6.45) is 2.43. The molecule has 90 valence electrons. The van der Waals surface area contributed by atoms with E-state index in [0.717, 1.165) is 19.3 Å². The van der Waals surface area contributed by atoms with E-state index in [1.807, 2.05) is 6.07 Å². The average Bonchev–Trinajstić information content (AvgIpc) is 2.37. The highest BCUT2D eigenvalue weighted by Gasteiger charge is 2.43. The summed E-state index contributed by atoms with van der Waals surface area (Å²) in [5, 5.41) is 18.0. The summed E-state index contributed by atoms with van der Waals surface area (Å²) >= 11 is 0. The number of benzene rings is 1. The van der Waals surface area contributed by atoms with Gasteiger partial charge in [0.25, 0.3) is 5.91 Å². The van der Waals surface area contributed by atoms with Gasteiger partial charge >= 0.3 is 0 Å². The number of rotatable bonds is 2. The molecule has 1 aliphatic carbocycles. The lowest BCUT2D eigenvalue weighted by atomic mass is 9.76. The van der Waals surface area contributed by atoms with Crippen LogP contribution in [0.3, 0.4) is 0 Å². The van der Waals surface area contributed by atoms with Crippen LogP contribution in [0, 0.1) is 22.7 Å². The number of hydrogen-bond acceptors (Lipinski definition) is 3. The van der Waals surface area contributed by atoms with Crippen LogP contribution in [0.2, 0.25) is 0 Å². The number of carbonyl (C=O) groups excluding carboxylic acids is 1. The zero-order valence-electron chi connectivity index (χ0n) is 10.2. The average molecular weight is 239 g/mol. The predicted octanol–water partition coefficient (Wildman–Crippen LogP) is 2.08. The molecule has 0 aliphatic heterocycles. The van der Waals surface area contributed by atoms with Crippen molar-refractivity contribution in [2.75, 3.05) is 7.05 Å². The van der Waals surface area contributed by atoms with Gasteiger partial charge in [-0.3, -0.25) is 4.79 Å². The summed E-state index contributed by atoms with van der Waals surface area (Å²) in [4.78, 5) is 13.8. The van der Waals surface area contributed by atoms with Gasteiger partial charge in [0.1, 0.15) is 5.54 Å². The molecule has 1 fully saturated rings. The van der Waals surface area contributed by atoms with Gasteiger partial charge in [-0.15, -0.1) is 0 Å². The third kappa shape index (κ3) is 1.83. The maximum absolute atomic E-state index is 12.3. The Labute approximate surface area is 106 Å². The minimum atomic E-state index is -0.653. The van der Waals surface area contributed by atoms with Crippen molar-refractivity contribution < 1.29 is 4.79 Å². The van der Waals surface area contributed by atoms with Gasteiger partial charge in [-0.2, -0.15) is 10.5 Å². The number of nitrogens with zero attached hydrogens (tertiary/aromatic N) is 3. The molecular formula is C14H13N3O. The highest BCUT2D eigenvalue weighted by molar-refractivity contribution is 5.95. The van der Waals surface area contributed by atoms with Crippen LogP contribution in [-0.2, 0) is 0 Å². The molecule has 0 saturated heterocycles. The molecule has 1 aromatic carbocycles. The molecule has 0 N–H and O–H groups in total. The van der Waals surface area contributed by atoms with Crippen molar-refractivity contribution in [1.82, 2.24) is 4.90 Å². The van der Waals surface area contributed by atoms with Crippen molar-refractivity contribution in [2.45, 2.75) is 24.8 Å². The molecule has 1 aromatic rings. The Hall–Kier alpha value is -2.33. The van der Waals surface area contributed by atoms with Gasteiger partial charge in [0.15, 0.2) is 0 Å². The monoisotopic (exact) mass is 239 g/mol. The summed E-state index contributed by atoms with van der Waals surface area (Å²) in [6.45, 7) is 0. The zero-order chi connectivity index (χ0) is 13.2. The van der Waals surface area contributed by atoms with E-state index in [1.54, 1.807) is 31.3 Å². The lowest BCUT2D eigenvalue weighted by Gasteiger charge is -2.42. The van der Waals surface area contributed by atoms with Crippen LogP contribution in [0.15, 0.2) is 24.3 Å². The van der Waals surface area contributed by atoms with Crippen LogP contribution in [-0.4, -0.2) is 23.4 Å². The second-order valence-electron chi connectivity index (χ2n) is 4.55. The molecule has 4 nitrogen and oxygen atoms in total. The number of carbonyl (C=O) groups is 1. The van der Waals surface area contributed by atoms with Gasteiger partial charge in [0, 0.05) is 12.6 Å². The smallest absolute Gasteiger partial charge is 0.254 e. The Bertz CT molecular complexity index is 561. The fourth-order valence-electron chi connectivity index (χ4n) is 2.14. The molecule has 0 unspecified atom stereocenters. The maximum atomic E-state index is 12.3. The number of amides is 1. The molecule has 0 aromatic heterocycles. The van der Waals surface area contributed by atoms with Crippen molar-refractivity contribution in [3.8, 4) is 12.1 Å². The molecule has 0 atom stereocenters. The number of hydrogen-bond donors (Lipinski definition) is 0. The summed E-state index contributed by atoms with van der Waals surface area (Å²) in [7, 11) is 1.66. The number of nitriles is 2. The molecule has 0 spiro atoms. The van der Waals surface area contributed by atoms with Crippen LogP contribution in [0.1, 0.15) is 35.2 Å². The minimum Gasteiger partial charge on any atom is -0.323 e. The maximum Gasteiger partial charge on any atom is 0.254 e. The van der Waals surface area contributed by atoms with Crippen LogP contribution < -0.4 is 0 Å². The van der Waals surface area contributed by atoms with E-state index in [2.05, 4.69) is 6.07 Å². The Morgan fingerprint density at radius 3 is 2.61 bits per heavy atom. The first-order chi connectivity index (χ1) is 8.63. The van der Waals surface area contributed by atoms with Crippen LogP contribution in [0.25, 0.3) is 0 Å². The molecule has 1 amide bonds. The zero-order valence-corrected chi connectivity index (χ0v) is 10.2. The molecule has 0 radical (unpaired) electrons. The minimum absolute atomic E-state index is 0.201. The van der Waals surface area contributed by atoms with Gasteiger partial charge < -0.3 is 4.90 Å². The van der Waals surface area contributed by atoms with Crippen LogP contribution in [0.5, 0.6) is 0 Å². The van der Waals surface area contributed by atoms with Crippen molar-refractivity contribution in [3.63, 3.8) is 0 Å². The van der Waals surface area contributed by atoms with E-state index >= 15 is 0 Å². The predicted molar refractivity (Wildman–Crippen MR) is 65.4 cm³/mol. The van der Waals surface area contributed by atoms with Crippen molar-refractivity contribution in [1.29, 1.82) is 10.5 Å². The van der Waals surface area contributed by atoms with Gasteiger partial charge in [0.2, 0.25) is 0 Å². The highest BCUT2D eigenvalue weighted by Crippen LogP contribution is 2.36. The summed E-state index contributed by atoms with van der Waals surface area (Å²) in [6, 6.07) is 10.8. The second kappa shape index (κ2) is 4.50. The first-order valence-electron chi connectivity index (χ1n) is 5.82. The fraction of sp³-hybridized carbons (Fsp3) is 0.357. The van der Waals surface area contributed by atoms with E-state index < -0.39 is 5.54 Å². The molecule has 2 rings (SSSR count). The Balaban J connectivity index is 2.26. The molecule has 4 heteroatoms. The highest BCUT2D eigenvalue weighted by atomic mass is 16.2. The molecule has 0 heterocycles. The standard InChI is InChI=1S/C14H13N3O/c1-17(14(10-16)6-3-7-14)13(18)12-5-2-4-11(8-12)9-15/h2,4-5,8H,3,6-7H2,1H3. The molecule has 1 saturated carbocycles. The fourth-order valence-corrected chi connectivity index (χ4v) is 2.14. The SMILES string of the molecule is CN(C(=O)c1cccc(C#N)c1)C1(C#N)CCC1. The van der Waals surface area contributed by atoms with E-state index in [4.69, 9.17) is 5.26 Å². The van der Waals surface area contributed by atoms with Gasteiger partial charge in [-0.25, -0.2) is 0 Å². The quantitative estimate of drug-likeness (QED) is 0.793. The largest absolute Gasteiger partial charge is 0.323 e. The van der Waals surface area contributed by atoms with E-state index in [1.165, 1.54) is 4.90 Å². The summed E-state index contributed by atoms with van der Waals surface area (Å²) < 4.78 is 0. The van der Waals surface area contributed by atoms with E-state index in [0.29, 0.717) is 11.1 Å². The first kappa shape index (κ1) is 12.1. The molecule has 18 heavy (non-hydrogen) atoms. The lowest BCUT2D eigenvalue weighted by molar-refractivity contribution is 0.0497. The lowest BCUT2D eigenvalue weighted by Crippen LogP contribution is -2.53. The molecule has 1 aliphatic rings. The molecular weight excluding hydrogens is 226 g/mol. The van der Waals surface area contributed by atoms with E-state index in [-0.39, 0.29) is 5.91 Å². The molecule has 0 bridgehead atoms. The van der Waals surface area contributed by atoms with Crippen LogP contribution in [0.4, 0.5) is 0 Å². The normalized spacial score (nSPS) is 15.9. The van der Waals surface area contributed by atoms with Gasteiger partial charge in [-0.05, 0) is 37.5 Å².